The fourth-order valence-corrected chi connectivity index (χ4v) is 8.97. The number of nitrogens with zero attached hydrogens (tertiary/aromatic N) is 4. The molecule has 11 rings (SSSR count). The van der Waals surface area contributed by atoms with Crippen LogP contribution in [0, 0.1) is 0 Å². The van der Waals surface area contributed by atoms with Crippen LogP contribution in [0.15, 0.2) is 194 Å². The summed E-state index contributed by atoms with van der Waals surface area (Å²) in [6.07, 6.45) is 3.83. The van der Waals surface area contributed by atoms with Gasteiger partial charge in [0.25, 0.3) is 0 Å². The fraction of sp³-hybridized carbons (Fsp3) is 0.0200. The summed E-state index contributed by atoms with van der Waals surface area (Å²) >= 11 is 0. The maximum Gasteiger partial charge on any atom is 0.160 e. The number of rotatable bonds is 5. The van der Waals surface area contributed by atoms with Crippen LogP contribution in [-0.4, -0.2) is 19.5 Å². The van der Waals surface area contributed by atoms with Crippen LogP contribution in [0.1, 0.15) is 22.3 Å². The Morgan fingerprint density at radius 3 is 2.00 bits per heavy atom. The van der Waals surface area contributed by atoms with Crippen LogP contribution in [0.25, 0.3) is 72.2 Å². The lowest BCUT2D eigenvalue weighted by atomic mass is 9.68. The van der Waals surface area contributed by atoms with Gasteiger partial charge in [0.15, 0.2) is 5.82 Å². The van der Waals surface area contributed by atoms with Gasteiger partial charge in [0.1, 0.15) is 0 Å². The first-order chi connectivity index (χ1) is 26.8. The Bertz CT molecular complexity index is 3000. The second-order valence-electron chi connectivity index (χ2n) is 14.0. The second-order valence-corrected chi connectivity index (χ2v) is 14.0. The van der Waals surface area contributed by atoms with Gasteiger partial charge in [-0.1, -0.05) is 146 Å². The third kappa shape index (κ3) is 4.34. The van der Waals surface area contributed by atoms with Gasteiger partial charge >= 0.3 is 0 Å². The molecule has 10 aromatic rings. The molecule has 0 N–H and O–H groups in total. The summed E-state index contributed by atoms with van der Waals surface area (Å²) in [6.45, 7) is 0. The predicted octanol–water partition coefficient (Wildman–Crippen LogP) is 11.8. The number of hydrogen-bond acceptors (Lipinski definition) is 3. The SMILES string of the molecule is c1ccc(-c2nc(-c3cccc(-n4c5ccccc5c5ccc6c(c54)-c4ccccc4C6(c4ccccc4)c4ccncc4)c3)nc3ccccc23)cc1. The van der Waals surface area contributed by atoms with Gasteiger partial charge in [0, 0.05) is 50.9 Å². The number of fused-ring (bicyclic) bond motifs is 8. The molecule has 3 heterocycles. The minimum Gasteiger partial charge on any atom is -0.309 e. The number of pyridine rings is 1. The molecule has 54 heavy (non-hydrogen) atoms. The molecule has 0 radical (unpaired) electrons. The van der Waals surface area contributed by atoms with Crippen molar-refractivity contribution in [2.24, 2.45) is 0 Å². The molecule has 4 heteroatoms. The highest BCUT2D eigenvalue weighted by atomic mass is 15.0. The lowest BCUT2D eigenvalue weighted by molar-refractivity contribution is 0.766. The topological polar surface area (TPSA) is 43.6 Å². The number of para-hydroxylation sites is 2. The van der Waals surface area contributed by atoms with Gasteiger partial charge in [0.2, 0.25) is 0 Å². The van der Waals surface area contributed by atoms with Crippen LogP contribution >= 0.6 is 0 Å². The van der Waals surface area contributed by atoms with Crippen molar-refractivity contribution in [2.45, 2.75) is 5.41 Å². The van der Waals surface area contributed by atoms with E-state index in [0.29, 0.717) is 5.82 Å². The van der Waals surface area contributed by atoms with E-state index in [1.807, 2.05) is 24.5 Å². The summed E-state index contributed by atoms with van der Waals surface area (Å²) in [6, 6.07) is 65.1. The Morgan fingerprint density at radius 2 is 1.15 bits per heavy atom. The molecule has 1 unspecified atom stereocenters. The first kappa shape index (κ1) is 30.5. The Hall–Kier alpha value is -7.17. The third-order valence-corrected chi connectivity index (χ3v) is 11.2. The molecule has 0 saturated carbocycles. The smallest absolute Gasteiger partial charge is 0.160 e. The van der Waals surface area contributed by atoms with Gasteiger partial charge in [0.05, 0.1) is 27.7 Å². The van der Waals surface area contributed by atoms with Crippen molar-refractivity contribution in [1.29, 1.82) is 0 Å². The molecule has 1 atom stereocenters. The number of aromatic nitrogens is 4. The molecule has 252 valence electrons. The lowest BCUT2D eigenvalue weighted by Crippen LogP contribution is -2.28. The largest absolute Gasteiger partial charge is 0.309 e. The average molecular weight is 689 g/mol. The predicted molar refractivity (Wildman–Crippen MR) is 220 cm³/mol. The van der Waals surface area contributed by atoms with Crippen LogP contribution < -0.4 is 0 Å². The molecule has 0 amide bonds. The standard InChI is InChI=1S/C50H32N4/c1-3-14-33(15-4-1)47-41-22-8-11-24-44(41)52-49(53-47)34-16-13-19-37(32-34)54-45-25-12-9-20-38(45)39-26-27-43-46(48(39)54)40-21-7-10-23-42(40)50(43,35-17-5-2-6-18-35)36-28-30-51-31-29-36/h1-32H. The van der Waals surface area contributed by atoms with E-state index in [1.54, 1.807) is 0 Å². The highest BCUT2D eigenvalue weighted by molar-refractivity contribution is 6.16. The van der Waals surface area contributed by atoms with Gasteiger partial charge in [-0.15, -0.1) is 0 Å². The lowest BCUT2D eigenvalue weighted by Gasteiger charge is -2.33. The Morgan fingerprint density at radius 1 is 0.463 bits per heavy atom. The second kappa shape index (κ2) is 11.9. The molecule has 0 bridgehead atoms. The summed E-state index contributed by atoms with van der Waals surface area (Å²) in [4.78, 5) is 14.8. The zero-order chi connectivity index (χ0) is 35.6. The van der Waals surface area contributed by atoms with Crippen LogP contribution in [0.4, 0.5) is 0 Å². The summed E-state index contributed by atoms with van der Waals surface area (Å²) in [7, 11) is 0. The van der Waals surface area contributed by atoms with E-state index < -0.39 is 5.41 Å². The van der Waals surface area contributed by atoms with Crippen LogP contribution in [-0.2, 0) is 5.41 Å². The van der Waals surface area contributed by atoms with Gasteiger partial charge in [-0.05, 0) is 64.2 Å². The van der Waals surface area contributed by atoms with Crippen molar-refractivity contribution in [2.75, 3.05) is 0 Å². The molecule has 1 aliphatic carbocycles. The van der Waals surface area contributed by atoms with Crippen molar-refractivity contribution in [1.82, 2.24) is 19.5 Å². The monoisotopic (exact) mass is 688 g/mol. The molecule has 0 fully saturated rings. The highest BCUT2D eigenvalue weighted by Crippen LogP contribution is 2.58. The zero-order valence-corrected chi connectivity index (χ0v) is 29.3. The first-order valence-corrected chi connectivity index (χ1v) is 18.4. The summed E-state index contributed by atoms with van der Waals surface area (Å²) < 4.78 is 2.45. The summed E-state index contributed by atoms with van der Waals surface area (Å²) in [5.74, 6) is 0.700. The van der Waals surface area contributed by atoms with E-state index in [2.05, 4.69) is 179 Å². The molecule has 0 saturated heterocycles. The van der Waals surface area contributed by atoms with Crippen molar-refractivity contribution in [3.63, 3.8) is 0 Å². The Kier molecular flexibility index (Phi) is 6.73. The average Bonchev–Trinajstić information content (AvgIpc) is 3.75. The highest BCUT2D eigenvalue weighted by Gasteiger charge is 2.47. The van der Waals surface area contributed by atoms with E-state index in [-0.39, 0.29) is 0 Å². The molecule has 0 spiro atoms. The van der Waals surface area contributed by atoms with Crippen molar-refractivity contribution < 1.29 is 0 Å². The third-order valence-electron chi connectivity index (χ3n) is 11.2. The van der Waals surface area contributed by atoms with Crippen LogP contribution in [0.2, 0.25) is 0 Å². The molecule has 7 aromatic carbocycles. The minimum absolute atomic E-state index is 0.528. The van der Waals surface area contributed by atoms with Gasteiger partial charge in [-0.25, -0.2) is 9.97 Å². The van der Waals surface area contributed by atoms with Gasteiger partial charge in [-0.2, -0.15) is 0 Å². The van der Waals surface area contributed by atoms with Crippen LogP contribution in [0.5, 0.6) is 0 Å². The normalized spacial score (nSPS) is 14.7. The molecular weight excluding hydrogens is 657 g/mol. The maximum absolute atomic E-state index is 5.24. The zero-order valence-electron chi connectivity index (χ0n) is 29.3. The number of benzene rings is 7. The van der Waals surface area contributed by atoms with Crippen molar-refractivity contribution in [3.05, 3.63) is 217 Å². The van der Waals surface area contributed by atoms with Crippen LogP contribution in [0.3, 0.4) is 0 Å². The fourth-order valence-electron chi connectivity index (χ4n) is 8.97. The van der Waals surface area contributed by atoms with E-state index >= 15 is 0 Å². The van der Waals surface area contributed by atoms with Gasteiger partial charge < -0.3 is 4.57 Å². The molecular formula is C50H32N4. The molecule has 3 aromatic heterocycles. The van der Waals surface area contributed by atoms with E-state index in [0.717, 1.165) is 38.9 Å². The van der Waals surface area contributed by atoms with Gasteiger partial charge in [-0.3, -0.25) is 4.98 Å². The maximum atomic E-state index is 5.24. The molecule has 0 aliphatic heterocycles. The quantitative estimate of drug-likeness (QED) is 0.181. The van der Waals surface area contributed by atoms with E-state index in [4.69, 9.17) is 9.97 Å². The van der Waals surface area contributed by atoms with Crippen molar-refractivity contribution >= 4 is 32.7 Å². The summed E-state index contributed by atoms with van der Waals surface area (Å²) in [5.41, 5.74) is 14.2. The van der Waals surface area contributed by atoms with E-state index in [9.17, 15) is 0 Å². The first-order valence-electron chi connectivity index (χ1n) is 18.4. The Balaban J connectivity index is 1.21. The minimum atomic E-state index is -0.528. The summed E-state index contributed by atoms with van der Waals surface area (Å²) in [5, 5.41) is 3.47. The number of hydrogen-bond donors (Lipinski definition) is 0. The Labute approximate surface area is 312 Å². The van der Waals surface area contributed by atoms with E-state index in [1.165, 1.54) is 49.7 Å². The molecule has 4 nitrogen and oxygen atoms in total. The molecule has 1 aliphatic rings. The van der Waals surface area contributed by atoms with Crippen molar-refractivity contribution in [3.8, 4) is 39.5 Å².